The van der Waals surface area contributed by atoms with E-state index in [2.05, 4.69) is 36.1 Å². The second kappa shape index (κ2) is 11.8. The lowest BCUT2D eigenvalue weighted by molar-refractivity contribution is -0.936. The van der Waals surface area contributed by atoms with Gasteiger partial charge in [-0.05, 0) is 40.5 Å². The van der Waals surface area contributed by atoms with Gasteiger partial charge in [-0.3, -0.25) is 23.2 Å². The molecule has 3 atom stereocenters. The fourth-order valence-corrected chi connectivity index (χ4v) is 5.80. The van der Waals surface area contributed by atoms with E-state index in [1.165, 1.54) is 10.8 Å². The fourth-order valence-electron chi connectivity index (χ4n) is 4.64. The molecule has 0 aromatic carbocycles. The molecule has 3 heterocycles. The van der Waals surface area contributed by atoms with Gasteiger partial charge in [-0.15, -0.1) is 5.10 Å². The average Bonchev–Trinajstić information content (AvgIpc) is 3.45. The van der Waals surface area contributed by atoms with Gasteiger partial charge >= 0.3 is 5.69 Å². The van der Waals surface area contributed by atoms with Crippen LogP contribution in [0.2, 0.25) is 0 Å². The quantitative estimate of drug-likeness (QED) is 0.304. The number of aromatic nitrogens is 5. The largest absolute Gasteiger partial charge is 0.352 e. The molecule has 1 N–H and O–H groups in total. The number of H-pyrrole nitrogens is 1. The fraction of sp³-hybridized carbons (Fsp3) is 0.739. The Hall–Kier alpha value is -2.35. The first-order valence-corrected chi connectivity index (χ1v) is 14.3. The summed E-state index contributed by atoms with van der Waals surface area (Å²) in [6.45, 7) is 14.2. The highest BCUT2D eigenvalue weighted by molar-refractivity contribution is 7.86. The predicted molar refractivity (Wildman–Crippen MR) is 134 cm³/mol. The van der Waals surface area contributed by atoms with E-state index in [4.69, 9.17) is 8.92 Å². The maximum absolute atomic E-state index is 12.7. The first-order valence-electron chi connectivity index (χ1n) is 12.7. The lowest BCUT2D eigenvalue weighted by Crippen LogP contribution is -2.46. The van der Waals surface area contributed by atoms with Gasteiger partial charge in [0.15, 0.2) is 0 Å². The molecule has 13 heteroatoms. The predicted octanol–water partition coefficient (Wildman–Crippen LogP) is 1.32. The van der Waals surface area contributed by atoms with Crippen molar-refractivity contribution in [3.63, 3.8) is 0 Å². The maximum atomic E-state index is 12.7. The zero-order chi connectivity index (χ0) is 26.5. The van der Waals surface area contributed by atoms with Crippen LogP contribution in [0.3, 0.4) is 0 Å². The number of nitrogens with zero attached hydrogens (tertiary/aromatic N) is 5. The van der Waals surface area contributed by atoms with Crippen molar-refractivity contribution in [1.29, 1.82) is 0 Å². The van der Waals surface area contributed by atoms with Gasteiger partial charge in [-0.1, -0.05) is 12.1 Å². The van der Waals surface area contributed by atoms with Gasteiger partial charge in [0.2, 0.25) is 0 Å². The zero-order valence-corrected chi connectivity index (χ0v) is 22.7. The Bertz CT molecular complexity index is 1220. The third-order valence-electron chi connectivity index (χ3n) is 7.19. The number of nitrogens with one attached hydrogen (secondary N) is 1. The van der Waals surface area contributed by atoms with Crippen molar-refractivity contribution in [1.82, 2.24) is 24.5 Å². The average molecular weight is 528 g/mol. The Kier molecular flexibility index (Phi) is 9.25. The van der Waals surface area contributed by atoms with Crippen LogP contribution in [0.15, 0.2) is 22.0 Å². The van der Waals surface area contributed by atoms with Crippen LogP contribution >= 0.6 is 0 Å². The molecule has 2 aromatic rings. The molecular weight excluding hydrogens is 488 g/mol. The molecule has 36 heavy (non-hydrogen) atoms. The van der Waals surface area contributed by atoms with Crippen LogP contribution in [0, 0.1) is 6.92 Å². The second-order valence-corrected chi connectivity index (χ2v) is 11.1. The number of aromatic amines is 1. The second-order valence-electron chi connectivity index (χ2n) is 9.42. The number of quaternary nitrogens is 1. The molecule has 1 saturated heterocycles. The molecule has 0 bridgehead atoms. The molecule has 1 aliphatic rings. The lowest BCUT2D eigenvalue weighted by atomic mass is 10.1. The van der Waals surface area contributed by atoms with E-state index in [0.717, 1.165) is 36.4 Å². The Balaban J connectivity index is 1.57. The zero-order valence-electron chi connectivity index (χ0n) is 21.8. The molecule has 0 spiro atoms. The molecule has 0 saturated carbocycles. The summed E-state index contributed by atoms with van der Waals surface area (Å²) >= 11 is 0. The van der Waals surface area contributed by atoms with Gasteiger partial charge in [0, 0.05) is 24.7 Å². The van der Waals surface area contributed by atoms with Crippen LogP contribution in [-0.2, 0) is 32.1 Å². The number of rotatable bonds is 13. The van der Waals surface area contributed by atoms with Crippen LogP contribution < -0.4 is 11.2 Å². The summed E-state index contributed by atoms with van der Waals surface area (Å²) in [6.07, 6.45) is 2.41. The Morgan fingerprint density at radius 2 is 1.86 bits per heavy atom. The molecule has 0 aliphatic carbocycles. The topological polar surface area (TPSA) is 138 Å². The summed E-state index contributed by atoms with van der Waals surface area (Å²) in [5, 5.41) is 8.43. The van der Waals surface area contributed by atoms with Gasteiger partial charge in [0.05, 0.1) is 37.7 Å². The van der Waals surface area contributed by atoms with E-state index in [-0.39, 0.29) is 12.2 Å². The van der Waals surface area contributed by atoms with E-state index in [1.807, 2.05) is 13.1 Å². The summed E-state index contributed by atoms with van der Waals surface area (Å²) in [5.41, 5.74) is 0.195. The van der Waals surface area contributed by atoms with Gasteiger partial charge in [-0.25, -0.2) is 4.79 Å². The molecule has 1 fully saturated rings. The van der Waals surface area contributed by atoms with Crippen LogP contribution in [0.25, 0.3) is 0 Å². The van der Waals surface area contributed by atoms with Crippen molar-refractivity contribution in [2.24, 2.45) is 0 Å². The smallest absolute Gasteiger partial charge is 0.330 e. The Morgan fingerprint density at radius 3 is 2.50 bits per heavy atom. The van der Waals surface area contributed by atoms with Gasteiger partial charge < -0.3 is 9.22 Å². The van der Waals surface area contributed by atoms with Crippen molar-refractivity contribution in [2.75, 3.05) is 25.4 Å². The monoisotopic (exact) mass is 527 g/mol. The minimum absolute atomic E-state index is 0.170. The summed E-state index contributed by atoms with van der Waals surface area (Å²) in [6, 6.07) is 0. The molecule has 202 valence electrons. The highest BCUT2D eigenvalue weighted by Gasteiger charge is 2.39. The third-order valence-corrected chi connectivity index (χ3v) is 8.52. The number of aryl methyl sites for hydroxylation is 2. The number of hydrogen-bond acceptors (Lipinski definition) is 8. The van der Waals surface area contributed by atoms with E-state index in [9.17, 15) is 18.0 Å². The molecule has 12 nitrogen and oxygen atoms in total. The Morgan fingerprint density at radius 1 is 1.17 bits per heavy atom. The summed E-state index contributed by atoms with van der Waals surface area (Å²) in [4.78, 5) is 26.1. The molecule has 2 aromatic heterocycles. The highest BCUT2D eigenvalue weighted by atomic mass is 32.2. The Labute approximate surface area is 211 Å². The number of ether oxygens (including phenoxy) is 1. The normalized spacial score (nSPS) is 20.8. The van der Waals surface area contributed by atoms with Crippen molar-refractivity contribution in [3.8, 4) is 0 Å². The minimum atomic E-state index is -3.83. The van der Waals surface area contributed by atoms with Crippen LogP contribution in [-0.4, -0.2) is 75.0 Å². The summed E-state index contributed by atoms with van der Waals surface area (Å²) < 4.78 is 40.7. The van der Waals surface area contributed by atoms with Crippen LogP contribution in [0.5, 0.6) is 0 Å². The number of hydrogen-bond donors (Lipinski definition) is 1. The van der Waals surface area contributed by atoms with Crippen molar-refractivity contribution >= 4 is 10.1 Å². The van der Waals surface area contributed by atoms with E-state index in [1.54, 1.807) is 11.6 Å². The SMILES string of the molecule is CC[C@H]1O[C@@H](n2cc(C)c(=O)[nH]c2=O)C[C@H]1OS(=O)(=O)CCCn1cc(C[N+](CC)(CC)CC)nn1. The van der Waals surface area contributed by atoms with Crippen molar-refractivity contribution < 1.29 is 21.8 Å². The minimum Gasteiger partial charge on any atom is -0.352 e. The first-order chi connectivity index (χ1) is 17.0. The molecule has 0 unspecified atom stereocenters. The molecule has 3 rings (SSSR count). The summed E-state index contributed by atoms with van der Waals surface area (Å²) in [7, 11) is -3.83. The van der Waals surface area contributed by atoms with Crippen LogP contribution in [0.4, 0.5) is 0 Å². The first kappa shape index (κ1) is 28.2. The van der Waals surface area contributed by atoms with E-state index < -0.39 is 39.8 Å². The van der Waals surface area contributed by atoms with Gasteiger partial charge in [0.25, 0.3) is 15.7 Å². The highest BCUT2D eigenvalue weighted by Crippen LogP contribution is 2.32. The summed E-state index contributed by atoms with van der Waals surface area (Å²) in [5.74, 6) is -0.170. The lowest BCUT2D eigenvalue weighted by Gasteiger charge is -2.34. The molecule has 0 radical (unpaired) electrons. The molecular formula is C23H39N6O6S+. The third kappa shape index (κ3) is 6.69. The van der Waals surface area contributed by atoms with E-state index in [0.29, 0.717) is 24.9 Å². The maximum Gasteiger partial charge on any atom is 0.330 e. The standard InChI is InChI=1S/C23H38N6O6S/c1-6-19-20(13-21(34-19)28-14-17(5)22(30)24-23(28)31)35-36(32,33)12-10-11-27-15-18(25-26-27)16-29(7-2,8-3)9-4/h14-15,19-21H,6-13,16H2,1-5H3/p+1/t19-,20-,21-/m1/s1. The van der Waals surface area contributed by atoms with Gasteiger partial charge in [-0.2, -0.15) is 8.42 Å². The van der Waals surface area contributed by atoms with Gasteiger partial charge in [0.1, 0.15) is 24.6 Å². The van der Waals surface area contributed by atoms with Crippen molar-refractivity contribution in [3.05, 3.63) is 44.5 Å². The van der Waals surface area contributed by atoms with Crippen LogP contribution in [0.1, 0.15) is 64.4 Å². The van der Waals surface area contributed by atoms with Crippen molar-refractivity contribution in [2.45, 2.75) is 85.4 Å². The molecule has 1 aliphatic heterocycles. The molecule has 0 amide bonds. The van der Waals surface area contributed by atoms with E-state index >= 15 is 0 Å².